The molecule has 0 aliphatic carbocycles. The van der Waals surface area contributed by atoms with E-state index in [0.29, 0.717) is 10.2 Å². The Morgan fingerprint density at radius 3 is 2.93 bits per heavy atom. The van der Waals surface area contributed by atoms with Gasteiger partial charge in [-0.05, 0) is 28.1 Å². The third kappa shape index (κ3) is 1.79. The van der Waals surface area contributed by atoms with Crippen molar-refractivity contribution in [1.29, 1.82) is 0 Å². The molecule has 0 amide bonds. The molecule has 15 heavy (non-hydrogen) atoms. The van der Waals surface area contributed by atoms with E-state index in [1.807, 2.05) is 6.07 Å². The van der Waals surface area contributed by atoms with Crippen molar-refractivity contribution < 1.29 is 9.84 Å². The lowest BCUT2D eigenvalue weighted by atomic mass is 10.2. The summed E-state index contributed by atoms with van der Waals surface area (Å²) in [5.41, 5.74) is 0.853. The number of aromatic hydroxyl groups is 1. The SMILES string of the molecule is COc1ccc(C2=NCCN2)c(Br)c1O. The summed E-state index contributed by atoms with van der Waals surface area (Å²) in [6.45, 7) is 1.61. The van der Waals surface area contributed by atoms with Gasteiger partial charge in [0.15, 0.2) is 11.5 Å². The standard InChI is InChI=1S/C10H11BrN2O2/c1-15-7-3-2-6(8(11)9(7)14)10-12-4-5-13-10/h2-3,14H,4-5H2,1H3,(H,12,13). The summed E-state index contributed by atoms with van der Waals surface area (Å²) < 4.78 is 5.61. The third-order valence-corrected chi connectivity index (χ3v) is 3.03. The van der Waals surface area contributed by atoms with Gasteiger partial charge in [-0.1, -0.05) is 0 Å². The van der Waals surface area contributed by atoms with Crippen molar-refractivity contribution in [2.24, 2.45) is 4.99 Å². The number of phenols is 1. The number of aliphatic imine (C=N–C) groups is 1. The Balaban J connectivity index is 2.45. The molecule has 2 rings (SSSR count). The van der Waals surface area contributed by atoms with Crippen LogP contribution in [0, 0.1) is 0 Å². The van der Waals surface area contributed by atoms with Crippen molar-refractivity contribution in [1.82, 2.24) is 5.32 Å². The normalized spacial score (nSPS) is 14.7. The zero-order chi connectivity index (χ0) is 10.8. The fraction of sp³-hybridized carbons (Fsp3) is 0.300. The van der Waals surface area contributed by atoms with Gasteiger partial charge in [0.1, 0.15) is 5.84 Å². The molecule has 5 heteroatoms. The Labute approximate surface area is 96.1 Å². The molecule has 2 N–H and O–H groups in total. The molecule has 0 saturated carbocycles. The summed E-state index contributed by atoms with van der Waals surface area (Å²) >= 11 is 3.33. The predicted molar refractivity (Wildman–Crippen MR) is 61.8 cm³/mol. The van der Waals surface area contributed by atoms with Crippen LogP contribution in [0.5, 0.6) is 11.5 Å². The second kappa shape index (κ2) is 4.10. The highest BCUT2D eigenvalue weighted by molar-refractivity contribution is 9.10. The highest BCUT2D eigenvalue weighted by Gasteiger charge is 2.16. The van der Waals surface area contributed by atoms with Crippen LogP contribution in [-0.2, 0) is 0 Å². The Hall–Kier alpha value is -1.23. The lowest BCUT2D eigenvalue weighted by Crippen LogP contribution is -2.19. The molecule has 0 atom stereocenters. The van der Waals surface area contributed by atoms with Crippen LogP contribution < -0.4 is 10.1 Å². The van der Waals surface area contributed by atoms with E-state index < -0.39 is 0 Å². The lowest BCUT2D eigenvalue weighted by molar-refractivity contribution is 0.372. The van der Waals surface area contributed by atoms with Gasteiger partial charge in [-0.15, -0.1) is 0 Å². The lowest BCUT2D eigenvalue weighted by Gasteiger charge is -2.10. The third-order valence-electron chi connectivity index (χ3n) is 2.23. The number of hydrogen-bond acceptors (Lipinski definition) is 4. The minimum Gasteiger partial charge on any atom is -0.503 e. The van der Waals surface area contributed by atoms with Gasteiger partial charge in [-0.2, -0.15) is 0 Å². The van der Waals surface area contributed by atoms with E-state index in [4.69, 9.17) is 4.74 Å². The molecule has 1 aliphatic heterocycles. The van der Waals surface area contributed by atoms with Crippen molar-refractivity contribution in [3.8, 4) is 11.5 Å². The molecule has 1 aromatic rings. The van der Waals surface area contributed by atoms with Gasteiger partial charge in [0.25, 0.3) is 0 Å². The molecule has 0 aromatic heterocycles. The number of methoxy groups -OCH3 is 1. The number of hydrogen-bond donors (Lipinski definition) is 2. The summed E-state index contributed by atoms with van der Waals surface area (Å²) in [7, 11) is 1.52. The predicted octanol–water partition coefficient (Wildman–Crippen LogP) is 1.51. The van der Waals surface area contributed by atoms with Gasteiger partial charge in [0.05, 0.1) is 18.1 Å². The van der Waals surface area contributed by atoms with Crippen LogP contribution in [0.15, 0.2) is 21.6 Å². The van der Waals surface area contributed by atoms with Gasteiger partial charge >= 0.3 is 0 Å². The van der Waals surface area contributed by atoms with Crippen molar-refractivity contribution in [3.05, 3.63) is 22.2 Å². The number of nitrogens with one attached hydrogen (secondary N) is 1. The van der Waals surface area contributed by atoms with Crippen LogP contribution in [0.4, 0.5) is 0 Å². The average molecular weight is 271 g/mol. The fourth-order valence-electron chi connectivity index (χ4n) is 1.47. The average Bonchev–Trinajstić information content (AvgIpc) is 2.75. The number of phenolic OH excluding ortho intramolecular Hbond substituents is 1. The minimum absolute atomic E-state index is 0.103. The first-order valence-corrected chi connectivity index (χ1v) is 5.37. The minimum atomic E-state index is 0.103. The van der Waals surface area contributed by atoms with Crippen molar-refractivity contribution in [3.63, 3.8) is 0 Å². The number of benzene rings is 1. The molecule has 0 spiro atoms. The summed E-state index contributed by atoms with van der Waals surface area (Å²) in [6, 6.07) is 3.58. The Bertz CT molecular complexity index is 418. The largest absolute Gasteiger partial charge is 0.503 e. The molecular formula is C10H11BrN2O2. The van der Waals surface area contributed by atoms with Crippen molar-refractivity contribution >= 4 is 21.8 Å². The van der Waals surface area contributed by atoms with Gasteiger partial charge < -0.3 is 15.2 Å². The van der Waals surface area contributed by atoms with Crippen molar-refractivity contribution in [2.45, 2.75) is 0 Å². The van der Waals surface area contributed by atoms with Crippen LogP contribution in [0.25, 0.3) is 0 Å². The van der Waals surface area contributed by atoms with E-state index in [9.17, 15) is 5.11 Å². The maximum Gasteiger partial charge on any atom is 0.172 e. The van der Waals surface area contributed by atoms with Gasteiger partial charge in [-0.3, -0.25) is 4.99 Å². The quantitative estimate of drug-likeness (QED) is 0.857. The van der Waals surface area contributed by atoms with E-state index in [2.05, 4.69) is 26.2 Å². The van der Waals surface area contributed by atoms with E-state index in [1.54, 1.807) is 6.07 Å². The molecule has 1 aliphatic rings. The second-order valence-corrected chi connectivity index (χ2v) is 3.93. The Morgan fingerprint density at radius 1 is 1.53 bits per heavy atom. The molecule has 0 bridgehead atoms. The van der Waals surface area contributed by atoms with Crippen molar-refractivity contribution in [2.75, 3.05) is 20.2 Å². The smallest absolute Gasteiger partial charge is 0.172 e. The number of ether oxygens (including phenoxy) is 1. The zero-order valence-corrected chi connectivity index (χ0v) is 9.84. The first-order chi connectivity index (χ1) is 7.24. The fourth-order valence-corrected chi connectivity index (χ4v) is 1.99. The molecule has 0 radical (unpaired) electrons. The molecule has 1 heterocycles. The molecule has 4 nitrogen and oxygen atoms in total. The van der Waals surface area contributed by atoms with Gasteiger partial charge in [0, 0.05) is 12.1 Å². The maximum absolute atomic E-state index is 9.78. The van der Waals surface area contributed by atoms with Crippen LogP contribution in [-0.4, -0.2) is 31.1 Å². The zero-order valence-electron chi connectivity index (χ0n) is 8.25. The second-order valence-electron chi connectivity index (χ2n) is 3.14. The topological polar surface area (TPSA) is 53.8 Å². The summed E-state index contributed by atoms with van der Waals surface area (Å²) in [6.07, 6.45) is 0. The molecule has 1 aromatic carbocycles. The molecule has 0 unspecified atom stereocenters. The highest BCUT2D eigenvalue weighted by atomic mass is 79.9. The van der Waals surface area contributed by atoms with Crippen LogP contribution >= 0.6 is 15.9 Å². The number of nitrogens with zero attached hydrogens (tertiary/aromatic N) is 1. The molecule has 0 saturated heterocycles. The Morgan fingerprint density at radius 2 is 2.33 bits per heavy atom. The van der Waals surface area contributed by atoms with Crippen LogP contribution in [0.3, 0.4) is 0 Å². The molecular weight excluding hydrogens is 260 g/mol. The molecule has 80 valence electrons. The highest BCUT2D eigenvalue weighted by Crippen LogP contribution is 2.36. The summed E-state index contributed by atoms with van der Waals surface area (Å²) in [4.78, 5) is 4.29. The number of amidine groups is 1. The first-order valence-electron chi connectivity index (χ1n) is 4.58. The summed E-state index contributed by atoms with van der Waals surface area (Å²) in [5, 5.41) is 12.9. The van der Waals surface area contributed by atoms with E-state index in [-0.39, 0.29) is 5.75 Å². The number of halogens is 1. The molecule has 0 fully saturated rings. The van der Waals surface area contributed by atoms with Crippen LogP contribution in [0.1, 0.15) is 5.56 Å². The van der Waals surface area contributed by atoms with Gasteiger partial charge in [-0.25, -0.2) is 0 Å². The van der Waals surface area contributed by atoms with Crippen LogP contribution in [0.2, 0.25) is 0 Å². The summed E-state index contributed by atoms with van der Waals surface area (Å²) in [5.74, 6) is 1.36. The Kier molecular flexibility index (Phi) is 2.81. The van der Waals surface area contributed by atoms with E-state index >= 15 is 0 Å². The number of rotatable bonds is 2. The van der Waals surface area contributed by atoms with E-state index in [0.717, 1.165) is 24.5 Å². The van der Waals surface area contributed by atoms with E-state index in [1.165, 1.54) is 7.11 Å². The first kappa shape index (κ1) is 10.3. The maximum atomic E-state index is 9.78. The monoisotopic (exact) mass is 270 g/mol. The van der Waals surface area contributed by atoms with Gasteiger partial charge in [0.2, 0.25) is 0 Å².